The first-order valence-corrected chi connectivity index (χ1v) is 5.98. The minimum atomic E-state index is 0.0188. The number of rotatable bonds is 5. The molecule has 1 saturated carbocycles. The van der Waals surface area contributed by atoms with Gasteiger partial charge in [0.2, 0.25) is 0 Å². The van der Waals surface area contributed by atoms with Crippen LogP contribution in [0, 0.1) is 0 Å². The van der Waals surface area contributed by atoms with Gasteiger partial charge in [-0.2, -0.15) is 0 Å². The summed E-state index contributed by atoms with van der Waals surface area (Å²) in [5.74, 6) is 0.0188. The number of nitrogens with one attached hydrogen (secondary N) is 1. The standard InChI is InChI=1S/C12H19N3O/c13-7-3-8-14-12(16)11-6-2-9-15(11)10-4-1-5-10/h2,6,9-10H,1,3-5,7-8,13H2,(H,14,16). The van der Waals surface area contributed by atoms with Crippen molar-refractivity contribution in [3.05, 3.63) is 24.0 Å². The average molecular weight is 221 g/mol. The lowest BCUT2D eigenvalue weighted by molar-refractivity contribution is 0.0938. The number of nitrogens with zero attached hydrogens (tertiary/aromatic N) is 1. The van der Waals surface area contributed by atoms with Crippen LogP contribution in [0.2, 0.25) is 0 Å². The molecule has 1 aromatic heterocycles. The maximum atomic E-state index is 11.9. The van der Waals surface area contributed by atoms with E-state index in [0.717, 1.165) is 12.1 Å². The second-order valence-corrected chi connectivity index (χ2v) is 4.28. The van der Waals surface area contributed by atoms with Crippen LogP contribution in [0.3, 0.4) is 0 Å². The van der Waals surface area contributed by atoms with Gasteiger partial charge in [-0.25, -0.2) is 0 Å². The van der Waals surface area contributed by atoms with Crippen LogP contribution in [0.5, 0.6) is 0 Å². The van der Waals surface area contributed by atoms with Crippen molar-refractivity contribution < 1.29 is 4.79 Å². The third-order valence-corrected chi connectivity index (χ3v) is 3.15. The van der Waals surface area contributed by atoms with Crippen LogP contribution in [0.15, 0.2) is 18.3 Å². The summed E-state index contributed by atoms with van der Waals surface area (Å²) in [5, 5.41) is 2.89. The zero-order chi connectivity index (χ0) is 11.4. The maximum absolute atomic E-state index is 11.9. The summed E-state index contributed by atoms with van der Waals surface area (Å²) in [5.41, 5.74) is 6.17. The van der Waals surface area contributed by atoms with Crippen LogP contribution >= 0.6 is 0 Å². The molecule has 0 spiro atoms. The van der Waals surface area contributed by atoms with Gasteiger partial charge in [-0.3, -0.25) is 4.79 Å². The van der Waals surface area contributed by atoms with Gasteiger partial charge in [0, 0.05) is 18.8 Å². The van der Waals surface area contributed by atoms with Gasteiger partial charge in [0.15, 0.2) is 0 Å². The summed E-state index contributed by atoms with van der Waals surface area (Å²) >= 11 is 0. The third kappa shape index (κ3) is 2.27. The first kappa shape index (κ1) is 11.2. The SMILES string of the molecule is NCCCNC(=O)c1cccn1C1CCC1. The van der Waals surface area contributed by atoms with Gasteiger partial charge >= 0.3 is 0 Å². The summed E-state index contributed by atoms with van der Waals surface area (Å²) in [6.07, 6.45) is 6.49. The van der Waals surface area contributed by atoms with Crippen molar-refractivity contribution in [1.82, 2.24) is 9.88 Å². The molecule has 16 heavy (non-hydrogen) atoms. The van der Waals surface area contributed by atoms with E-state index in [0.29, 0.717) is 19.1 Å². The fourth-order valence-corrected chi connectivity index (χ4v) is 1.96. The van der Waals surface area contributed by atoms with E-state index in [1.54, 1.807) is 0 Å². The molecule has 4 nitrogen and oxygen atoms in total. The van der Waals surface area contributed by atoms with Crippen LogP contribution in [0.4, 0.5) is 0 Å². The minimum absolute atomic E-state index is 0.0188. The highest BCUT2D eigenvalue weighted by molar-refractivity contribution is 5.92. The quantitative estimate of drug-likeness (QED) is 0.736. The number of aromatic nitrogens is 1. The average Bonchev–Trinajstić information content (AvgIpc) is 2.64. The highest BCUT2D eigenvalue weighted by Gasteiger charge is 2.22. The molecule has 0 aromatic carbocycles. The van der Waals surface area contributed by atoms with E-state index in [-0.39, 0.29) is 5.91 Å². The van der Waals surface area contributed by atoms with E-state index in [1.165, 1.54) is 19.3 Å². The predicted molar refractivity (Wildman–Crippen MR) is 63.3 cm³/mol. The molecule has 1 aromatic rings. The predicted octanol–water partition coefficient (Wildman–Crippen LogP) is 1.29. The van der Waals surface area contributed by atoms with Crippen LogP contribution in [-0.2, 0) is 0 Å². The van der Waals surface area contributed by atoms with E-state index in [9.17, 15) is 4.79 Å². The first-order valence-electron chi connectivity index (χ1n) is 5.98. The molecule has 0 unspecified atom stereocenters. The summed E-state index contributed by atoms with van der Waals surface area (Å²) in [6, 6.07) is 4.36. The molecule has 1 fully saturated rings. The highest BCUT2D eigenvalue weighted by atomic mass is 16.1. The zero-order valence-electron chi connectivity index (χ0n) is 9.48. The van der Waals surface area contributed by atoms with Crippen molar-refractivity contribution in [3.63, 3.8) is 0 Å². The van der Waals surface area contributed by atoms with Crippen LogP contribution < -0.4 is 11.1 Å². The van der Waals surface area contributed by atoms with Gasteiger partial charge in [-0.05, 0) is 44.4 Å². The Morgan fingerprint density at radius 1 is 1.56 bits per heavy atom. The smallest absolute Gasteiger partial charge is 0.267 e. The van der Waals surface area contributed by atoms with Crippen LogP contribution in [-0.4, -0.2) is 23.6 Å². The van der Waals surface area contributed by atoms with Crippen molar-refractivity contribution in [3.8, 4) is 0 Å². The molecule has 0 saturated heterocycles. The van der Waals surface area contributed by atoms with Crippen molar-refractivity contribution in [2.75, 3.05) is 13.1 Å². The van der Waals surface area contributed by atoms with E-state index >= 15 is 0 Å². The molecule has 1 aliphatic rings. The highest BCUT2D eigenvalue weighted by Crippen LogP contribution is 2.32. The van der Waals surface area contributed by atoms with Gasteiger partial charge in [0.05, 0.1) is 0 Å². The Hall–Kier alpha value is -1.29. The van der Waals surface area contributed by atoms with E-state index < -0.39 is 0 Å². The topological polar surface area (TPSA) is 60.0 Å². The Morgan fingerprint density at radius 3 is 3.00 bits per heavy atom. The Morgan fingerprint density at radius 2 is 2.38 bits per heavy atom. The molecule has 0 atom stereocenters. The lowest BCUT2D eigenvalue weighted by Gasteiger charge is -2.28. The molecule has 0 radical (unpaired) electrons. The summed E-state index contributed by atoms with van der Waals surface area (Å²) < 4.78 is 2.10. The van der Waals surface area contributed by atoms with Crippen molar-refractivity contribution in [2.24, 2.45) is 5.73 Å². The normalized spacial score (nSPS) is 15.8. The largest absolute Gasteiger partial charge is 0.351 e. The molecule has 3 N–H and O–H groups in total. The summed E-state index contributed by atoms with van der Waals surface area (Å²) in [6.45, 7) is 1.27. The molecule has 1 aliphatic carbocycles. The Bertz CT molecular complexity index is 355. The summed E-state index contributed by atoms with van der Waals surface area (Å²) in [4.78, 5) is 11.9. The molecular formula is C12H19N3O. The lowest BCUT2D eigenvalue weighted by Crippen LogP contribution is -2.30. The number of carbonyl (C=O) groups excluding carboxylic acids is 1. The lowest BCUT2D eigenvalue weighted by atomic mass is 9.93. The second-order valence-electron chi connectivity index (χ2n) is 4.28. The van der Waals surface area contributed by atoms with Crippen LogP contribution in [0.25, 0.3) is 0 Å². The monoisotopic (exact) mass is 221 g/mol. The minimum Gasteiger partial charge on any atom is -0.351 e. The fourth-order valence-electron chi connectivity index (χ4n) is 1.96. The molecule has 2 rings (SSSR count). The van der Waals surface area contributed by atoms with Gasteiger partial charge < -0.3 is 15.6 Å². The summed E-state index contributed by atoms with van der Waals surface area (Å²) in [7, 11) is 0. The Balaban J connectivity index is 1.96. The molecule has 88 valence electrons. The number of hydrogen-bond acceptors (Lipinski definition) is 2. The molecule has 0 bridgehead atoms. The maximum Gasteiger partial charge on any atom is 0.267 e. The molecule has 1 heterocycles. The second kappa shape index (κ2) is 5.16. The fraction of sp³-hybridized carbons (Fsp3) is 0.583. The van der Waals surface area contributed by atoms with Gasteiger partial charge in [-0.1, -0.05) is 0 Å². The number of amides is 1. The van der Waals surface area contributed by atoms with Gasteiger partial charge in [-0.15, -0.1) is 0 Å². The number of hydrogen-bond donors (Lipinski definition) is 2. The number of nitrogens with two attached hydrogens (primary N) is 1. The van der Waals surface area contributed by atoms with E-state index in [1.807, 2.05) is 18.3 Å². The van der Waals surface area contributed by atoms with Crippen LogP contribution in [0.1, 0.15) is 42.2 Å². The van der Waals surface area contributed by atoms with E-state index in [2.05, 4.69) is 9.88 Å². The van der Waals surface area contributed by atoms with Gasteiger partial charge in [0.25, 0.3) is 5.91 Å². The molecular weight excluding hydrogens is 202 g/mol. The zero-order valence-corrected chi connectivity index (χ0v) is 9.48. The molecule has 1 amide bonds. The molecule has 0 aliphatic heterocycles. The molecule has 4 heteroatoms. The first-order chi connectivity index (χ1) is 7.83. The Kier molecular flexibility index (Phi) is 3.62. The Labute approximate surface area is 95.8 Å². The van der Waals surface area contributed by atoms with Crippen molar-refractivity contribution >= 4 is 5.91 Å². The van der Waals surface area contributed by atoms with Gasteiger partial charge in [0.1, 0.15) is 5.69 Å². The van der Waals surface area contributed by atoms with Crippen molar-refractivity contribution in [2.45, 2.75) is 31.7 Å². The third-order valence-electron chi connectivity index (χ3n) is 3.15. The van der Waals surface area contributed by atoms with E-state index in [4.69, 9.17) is 5.73 Å². The van der Waals surface area contributed by atoms with Crippen molar-refractivity contribution in [1.29, 1.82) is 0 Å². The number of carbonyl (C=O) groups is 1.